The Morgan fingerprint density at radius 3 is 2.27 bits per heavy atom. The molecule has 2 heterocycles. The van der Waals surface area contributed by atoms with E-state index >= 15 is 0 Å². The van der Waals surface area contributed by atoms with Gasteiger partial charge in [-0.05, 0) is 69.5 Å². The second kappa shape index (κ2) is 19.4. The van der Waals surface area contributed by atoms with Crippen LogP contribution in [0.3, 0.4) is 0 Å². The van der Waals surface area contributed by atoms with Crippen LogP contribution in [0.4, 0.5) is 16.3 Å². The number of nitrogens with zero attached hydrogens (tertiary/aromatic N) is 6. The normalized spacial score (nSPS) is 13.5. The van der Waals surface area contributed by atoms with Crippen molar-refractivity contribution < 1.29 is 19.5 Å². The third-order valence-electron chi connectivity index (χ3n) is 9.08. The van der Waals surface area contributed by atoms with Gasteiger partial charge in [0.2, 0.25) is 5.91 Å². The van der Waals surface area contributed by atoms with Gasteiger partial charge in [0.1, 0.15) is 5.82 Å². The van der Waals surface area contributed by atoms with Crippen LogP contribution in [-0.4, -0.2) is 121 Å². The Morgan fingerprint density at radius 1 is 0.837 bits per heavy atom. The predicted octanol–water partition coefficient (Wildman–Crippen LogP) is 4.90. The summed E-state index contributed by atoms with van der Waals surface area (Å²) in [7, 11) is 5.51. The molecule has 0 aliphatic carbocycles. The highest BCUT2D eigenvalue weighted by Gasteiger charge is 2.30. The van der Waals surface area contributed by atoms with Gasteiger partial charge in [-0.3, -0.25) is 14.5 Å². The summed E-state index contributed by atoms with van der Waals surface area (Å²) in [5, 5.41) is 24.8. The zero-order valence-corrected chi connectivity index (χ0v) is 29.2. The third-order valence-corrected chi connectivity index (χ3v) is 9.08. The molecule has 1 aliphatic rings. The zero-order chi connectivity index (χ0) is 35.0. The minimum absolute atomic E-state index is 0.103. The summed E-state index contributed by atoms with van der Waals surface area (Å²) in [4.78, 5) is 45.1. The fraction of sp³-hybridized carbons (Fsp3) is 0.486. The van der Waals surface area contributed by atoms with Crippen molar-refractivity contribution in [3.8, 4) is 11.1 Å². The number of benzene rings is 2. The molecule has 3 N–H and O–H groups in total. The lowest BCUT2D eigenvalue weighted by atomic mass is 9.98. The first-order chi connectivity index (χ1) is 23.8. The Labute approximate surface area is 290 Å². The van der Waals surface area contributed by atoms with Gasteiger partial charge in [-0.15, -0.1) is 10.2 Å². The van der Waals surface area contributed by atoms with Gasteiger partial charge in [0.05, 0.1) is 5.69 Å². The van der Waals surface area contributed by atoms with Crippen LogP contribution >= 0.6 is 0 Å². The standard InChI is InChI=1S/C37H52N8O4/c1-38-22-12-24-43(3)36(47)32-18-19-34(41-40-32)39-23-11-5-8-17-35(46)42(2)27-28-44-25-20-30(21-26-44)45(37(48)49)33-16-10-9-15-31(33)29-13-6-4-7-14-29/h4,6-7,9-10,13-16,18-19,30,38H,5,8,11-12,17,20-28H2,1-3H3,(H,39,41)(H,48,49). The van der Waals surface area contributed by atoms with E-state index in [2.05, 4.69) is 25.7 Å². The molecular formula is C37H52N8O4. The van der Waals surface area contributed by atoms with E-state index in [1.54, 1.807) is 33.9 Å². The van der Waals surface area contributed by atoms with Crippen molar-refractivity contribution in [2.75, 3.05) is 77.2 Å². The highest BCUT2D eigenvalue weighted by molar-refractivity contribution is 5.93. The first-order valence-electron chi connectivity index (χ1n) is 17.4. The maximum absolute atomic E-state index is 12.8. The predicted molar refractivity (Wildman–Crippen MR) is 194 cm³/mol. The van der Waals surface area contributed by atoms with Crippen LogP contribution in [0.15, 0.2) is 66.7 Å². The van der Waals surface area contributed by atoms with Crippen molar-refractivity contribution in [2.24, 2.45) is 0 Å². The summed E-state index contributed by atoms with van der Waals surface area (Å²) in [5.41, 5.74) is 2.96. The van der Waals surface area contributed by atoms with Crippen LogP contribution in [0.5, 0.6) is 0 Å². The number of carbonyl (C=O) groups is 3. The molecule has 12 nitrogen and oxygen atoms in total. The first-order valence-corrected chi connectivity index (χ1v) is 17.4. The number of amides is 3. The van der Waals surface area contributed by atoms with Gasteiger partial charge < -0.3 is 30.4 Å². The fourth-order valence-electron chi connectivity index (χ4n) is 6.13. The smallest absolute Gasteiger partial charge is 0.412 e. The molecule has 12 heteroatoms. The van der Waals surface area contributed by atoms with E-state index in [1.165, 1.54) is 0 Å². The van der Waals surface area contributed by atoms with E-state index in [0.29, 0.717) is 37.6 Å². The van der Waals surface area contributed by atoms with Crippen molar-refractivity contribution in [2.45, 2.75) is 51.0 Å². The largest absolute Gasteiger partial charge is 0.465 e. The lowest BCUT2D eigenvalue weighted by molar-refractivity contribution is -0.130. The number of anilines is 2. The topological polar surface area (TPSA) is 134 Å². The Bertz CT molecular complexity index is 1460. The van der Waals surface area contributed by atoms with Gasteiger partial charge in [-0.25, -0.2) is 4.79 Å². The molecule has 3 amide bonds. The number of unbranched alkanes of at least 4 members (excludes halogenated alkanes) is 2. The van der Waals surface area contributed by atoms with Gasteiger partial charge >= 0.3 is 6.09 Å². The monoisotopic (exact) mass is 672 g/mol. The maximum atomic E-state index is 12.8. The fourth-order valence-corrected chi connectivity index (χ4v) is 6.13. The Kier molecular flexibility index (Phi) is 14.8. The number of rotatable bonds is 18. The van der Waals surface area contributed by atoms with E-state index in [0.717, 1.165) is 81.5 Å². The van der Waals surface area contributed by atoms with Crippen molar-refractivity contribution in [3.63, 3.8) is 0 Å². The van der Waals surface area contributed by atoms with E-state index in [1.807, 2.05) is 68.7 Å². The number of hydrogen-bond donors (Lipinski definition) is 3. The number of carbonyl (C=O) groups excluding carboxylic acids is 2. The molecule has 0 atom stereocenters. The maximum Gasteiger partial charge on any atom is 0.412 e. The molecule has 49 heavy (non-hydrogen) atoms. The molecule has 1 aromatic heterocycles. The molecule has 1 fully saturated rings. The number of carboxylic acid groups (broad SMARTS) is 1. The van der Waals surface area contributed by atoms with Crippen molar-refractivity contribution in [1.82, 2.24) is 30.2 Å². The minimum Gasteiger partial charge on any atom is -0.465 e. The molecule has 0 spiro atoms. The van der Waals surface area contributed by atoms with Gasteiger partial charge in [-0.1, -0.05) is 55.0 Å². The Morgan fingerprint density at radius 2 is 1.57 bits per heavy atom. The number of para-hydroxylation sites is 1. The lowest BCUT2D eigenvalue weighted by Crippen LogP contribution is -2.48. The highest BCUT2D eigenvalue weighted by Crippen LogP contribution is 2.34. The quantitative estimate of drug-likeness (QED) is 0.161. The first kappa shape index (κ1) is 37.3. The van der Waals surface area contributed by atoms with Crippen molar-refractivity contribution in [3.05, 3.63) is 72.4 Å². The molecule has 264 valence electrons. The summed E-state index contributed by atoms with van der Waals surface area (Å²) < 4.78 is 0. The van der Waals surface area contributed by atoms with Crippen LogP contribution in [-0.2, 0) is 4.79 Å². The van der Waals surface area contributed by atoms with E-state index in [-0.39, 0.29) is 17.9 Å². The molecule has 2 aromatic carbocycles. The highest BCUT2D eigenvalue weighted by atomic mass is 16.4. The minimum atomic E-state index is -0.932. The molecule has 0 bridgehead atoms. The van der Waals surface area contributed by atoms with Gasteiger partial charge in [0.15, 0.2) is 5.69 Å². The second-order valence-electron chi connectivity index (χ2n) is 12.6. The second-order valence-corrected chi connectivity index (χ2v) is 12.6. The molecule has 0 radical (unpaired) electrons. The number of likely N-dealkylation sites (N-methyl/N-ethyl adjacent to an activating group) is 1. The molecule has 3 aromatic rings. The SMILES string of the molecule is CNCCCN(C)C(=O)c1ccc(NCCCCCC(=O)N(C)CCN2CCC(N(C(=O)O)c3ccccc3-c3ccccc3)CC2)nn1. The summed E-state index contributed by atoms with van der Waals surface area (Å²) >= 11 is 0. The number of piperidine rings is 1. The van der Waals surface area contributed by atoms with Gasteiger partial charge in [0, 0.05) is 71.4 Å². The number of hydrogen-bond acceptors (Lipinski definition) is 8. The molecule has 4 rings (SSSR count). The van der Waals surface area contributed by atoms with Crippen LogP contribution in [0.2, 0.25) is 0 Å². The average molecular weight is 673 g/mol. The Balaban J connectivity index is 1.11. The van der Waals surface area contributed by atoms with Gasteiger partial charge in [-0.2, -0.15) is 0 Å². The number of aromatic nitrogens is 2. The van der Waals surface area contributed by atoms with E-state index in [4.69, 9.17) is 0 Å². The van der Waals surface area contributed by atoms with Crippen LogP contribution in [0, 0.1) is 0 Å². The van der Waals surface area contributed by atoms with Gasteiger partial charge in [0.25, 0.3) is 5.91 Å². The van der Waals surface area contributed by atoms with E-state index < -0.39 is 6.09 Å². The van der Waals surface area contributed by atoms with Crippen molar-refractivity contribution in [1.29, 1.82) is 0 Å². The average Bonchev–Trinajstić information content (AvgIpc) is 3.13. The number of nitrogens with one attached hydrogen (secondary N) is 2. The van der Waals surface area contributed by atoms with Crippen LogP contribution in [0.1, 0.15) is 55.4 Å². The number of likely N-dealkylation sites (tertiary alicyclic amines) is 1. The summed E-state index contributed by atoms with van der Waals surface area (Å²) in [6.07, 6.45) is 4.54. The third kappa shape index (κ3) is 11.3. The molecular weight excluding hydrogens is 620 g/mol. The zero-order valence-electron chi connectivity index (χ0n) is 29.2. The molecule has 0 unspecified atom stereocenters. The Hall–Kier alpha value is -4.55. The molecule has 0 saturated carbocycles. The van der Waals surface area contributed by atoms with E-state index in [9.17, 15) is 19.5 Å². The van der Waals surface area contributed by atoms with Crippen LogP contribution < -0.4 is 15.5 Å². The lowest BCUT2D eigenvalue weighted by Gasteiger charge is -2.38. The molecule has 1 saturated heterocycles. The van der Waals surface area contributed by atoms with Crippen LogP contribution in [0.25, 0.3) is 11.1 Å². The summed E-state index contributed by atoms with van der Waals surface area (Å²) in [5.74, 6) is 0.624. The molecule has 1 aliphatic heterocycles. The van der Waals surface area contributed by atoms with Crippen molar-refractivity contribution >= 4 is 29.4 Å². The summed E-state index contributed by atoms with van der Waals surface area (Å²) in [6, 6.07) is 21.0. The summed E-state index contributed by atoms with van der Waals surface area (Å²) in [6.45, 7) is 5.20.